The number of ether oxygens (including phenoxy) is 2. The number of carbonyl (C=O) groups is 1. The zero-order valence-corrected chi connectivity index (χ0v) is 19.1. The zero-order valence-electron chi connectivity index (χ0n) is 19.1. The maximum Gasteiger partial charge on any atom is 0.280 e. The van der Waals surface area contributed by atoms with E-state index in [1.807, 2.05) is 55.5 Å². The molecule has 1 aliphatic rings. The summed E-state index contributed by atoms with van der Waals surface area (Å²) >= 11 is 0. The monoisotopic (exact) mass is 456 g/mol. The van der Waals surface area contributed by atoms with E-state index >= 15 is 0 Å². The standard InChI is InChI=1S/C28H25FN2O3/c1-4-8-22-15-21(16-25-19(2)30-31(28(25)32)24-9-6-5-7-10-24)17-26(33-3)27(22)34-18-20-11-13-23(29)14-12-20/h4-7,9-17H,1,8,18H2,2-3H3/b25-16+. The van der Waals surface area contributed by atoms with Crippen LogP contribution in [0.4, 0.5) is 10.1 Å². The third-order valence-electron chi connectivity index (χ3n) is 5.41. The van der Waals surface area contributed by atoms with E-state index < -0.39 is 0 Å². The van der Waals surface area contributed by atoms with Gasteiger partial charge in [0.05, 0.1) is 24.1 Å². The quantitative estimate of drug-likeness (QED) is 0.311. The minimum absolute atomic E-state index is 0.190. The van der Waals surface area contributed by atoms with Gasteiger partial charge < -0.3 is 9.47 Å². The Hall–Kier alpha value is -4.19. The van der Waals surface area contributed by atoms with Gasteiger partial charge in [-0.2, -0.15) is 10.1 Å². The van der Waals surface area contributed by atoms with Gasteiger partial charge in [-0.05, 0) is 66.9 Å². The van der Waals surface area contributed by atoms with Gasteiger partial charge in [-0.25, -0.2) is 4.39 Å². The Morgan fingerprint density at radius 2 is 1.82 bits per heavy atom. The summed E-state index contributed by atoms with van der Waals surface area (Å²) in [5.41, 5.74) is 4.34. The maximum absolute atomic E-state index is 13.2. The van der Waals surface area contributed by atoms with E-state index in [9.17, 15) is 9.18 Å². The summed E-state index contributed by atoms with van der Waals surface area (Å²) < 4.78 is 24.9. The van der Waals surface area contributed by atoms with Crippen molar-refractivity contribution in [2.45, 2.75) is 20.0 Å². The van der Waals surface area contributed by atoms with Crippen molar-refractivity contribution in [1.82, 2.24) is 0 Å². The molecule has 0 spiro atoms. The minimum Gasteiger partial charge on any atom is -0.493 e. The summed E-state index contributed by atoms with van der Waals surface area (Å²) in [5, 5.41) is 5.84. The molecule has 0 bridgehead atoms. The number of hydrogen-bond donors (Lipinski definition) is 0. The number of benzene rings is 3. The molecule has 0 unspecified atom stereocenters. The molecule has 3 aromatic rings. The first-order valence-corrected chi connectivity index (χ1v) is 10.9. The molecule has 0 radical (unpaired) electrons. The highest BCUT2D eigenvalue weighted by Gasteiger charge is 2.28. The van der Waals surface area contributed by atoms with E-state index in [-0.39, 0.29) is 18.3 Å². The van der Waals surface area contributed by atoms with Crippen LogP contribution in [0, 0.1) is 5.82 Å². The molecule has 0 fully saturated rings. The fraction of sp³-hybridized carbons (Fsp3) is 0.143. The van der Waals surface area contributed by atoms with Crippen molar-refractivity contribution in [3.63, 3.8) is 0 Å². The zero-order chi connectivity index (χ0) is 24.1. The van der Waals surface area contributed by atoms with Gasteiger partial charge in [-0.3, -0.25) is 4.79 Å². The van der Waals surface area contributed by atoms with E-state index in [1.165, 1.54) is 17.1 Å². The van der Waals surface area contributed by atoms with Crippen LogP contribution in [0.2, 0.25) is 0 Å². The number of nitrogens with zero attached hydrogens (tertiary/aromatic N) is 2. The molecule has 0 aliphatic carbocycles. The summed E-state index contributed by atoms with van der Waals surface area (Å²) in [6.45, 7) is 5.92. The second-order valence-corrected chi connectivity index (χ2v) is 7.82. The molecule has 6 heteroatoms. The van der Waals surface area contributed by atoms with Gasteiger partial charge in [0, 0.05) is 5.56 Å². The highest BCUT2D eigenvalue weighted by atomic mass is 19.1. The summed E-state index contributed by atoms with van der Waals surface area (Å²) in [4.78, 5) is 13.1. The van der Waals surface area contributed by atoms with E-state index in [0.29, 0.717) is 34.9 Å². The van der Waals surface area contributed by atoms with Gasteiger partial charge in [-0.15, -0.1) is 6.58 Å². The van der Waals surface area contributed by atoms with Crippen molar-refractivity contribution >= 4 is 23.4 Å². The molecular weight excluding hydrogens is 431 g/mol. The Morgan fingerprint density at radius 1 is 1.09 bits per heavy atom. The fourth-order valence-electron chi connectivity index (χ4n) is 3.72. The molecule has 0 saturated heterocycles. The Kier molecular flexibility index (Phi) is 6.87. The van der Waals surface area contributed by atoms with Crippen LogP contribution < -0.4 is 14.5 Å². The highest BCUT2D eigenvalue weighted by molar-refractivity contribution is 6.32. The van der Waals surface area contributed by atoms with Gasteiger partial charge in [-0.1, -0.05) is 36.4 Å². The molecule has 1 aliphatic heterocycles. The first kappa shape index (κ1) is 23.0. The van der Waals surface area contributed by atoms with Crippen LogP contribution in [0.5, 0.6) is 11.5 Å². The van der Waals surface area contributed by atoms with Crippen molar-refractivity contribution in [1.29, 1.82) is 0 Å². The van der Waals surface area contributed by atoms with Crippen LogP contribution in [-0.2, 0) is 17.8 Å². The van der Waals surface area contributed by atoms with Gasteiger partial charge in [0.25, 0.3) is 5.91 Å². The van der Waals surface area contributed by atoms with Crippen molar-refractivity contribution < 1.29 is 18.7 Å². The minimum atomic E-state index is -0.294. The molecule has 34 heavy (non-hydrogen) atoms. The first-order valence-electron chi connectivity index (χ1n) is 10.9. The van der Waals surface area contributed by atoms with Crippen LogP contribution in [-0.4, -0.2) is 18.7 Å². The van der Waals surface area contributed by atoms with Crippen LogP contribution in [0.3, 0.4) is 0 Å². The number of amides is 1. The normalized spacial score (nSPS) is 14.3. The number of hydrazone groups is 1. The Balaban J connectivity index is 1.65. The van der Waals surface area contributed by atoms with Crippen molar-refractivity contribution in [3.05, 3.63) is 107 Å². The number of carbonyl (C=O) groups excluding carboxylic acids is 1. The second kappa shape index (κ2) is 10.2. The number of hydrogen-bond acceptors (Lipinski definition) is 4. The molecule has 4 rings (SSSR count). The van der Waals surface area contributed by atoms with Crippen molar-refractivity contribution in [2.24, 2.45) is 5.10 Å². The lowest BCUT2D eigenvalue weighted by Crippen LogP contribution is -2.21. The molecule has 0 saturated carbocycles. The molecule has 0 atom stereocenters. The largest absolute Gasteiger partial charge is 0.493 e. The average Bonchev–Trinajstić information content (AvgIpc) is 3.13. The molecule has 1 heterocycles. The summed E-state index contributed by atoms with van der Waals surface area (Å²) in [6, 6.07) is 19.2. The number of anilines is 1. The first-order chi connectivity index (χ1) is 16.5. The van der Waals surface area contributed by atoms with Crippen LogP contribution >= 0.6 is 0 Å². The average molecular weight is 457 g/mol. The maximum atomic E-state index is 13.2. The van der Waals surface area contributed by atoms with Crippen molar-refractivity contribution in [2.75, 3.05) is 12.1 Å². The highest BCUT2D eigenvalue weighted by Crippen LogP contribution is 2.35. The van der Waals surface area contributed by atoms with Crippen LogP contribution in [0.15, 0.2) is 90.1 Å². The SMILES string of the molecule is C=CCc1cc(/C=C2/C(=O)N(c3ccccc3)N=C2C)cc(OC)c1OCc1ccc(F)cc1. The molecule has 0 N–H and O–H groups in total. The predicted octanol–water partition coefficient (Wildman–Crippen LogP) is 5.95. The van der Waals surface area contributed by atoms with Crippen LogP contribution in [0.1, 0.15) is 23.6 Å². The molecule has 1 amide bonds. The fourth-order valence-corrected chi connectivity index (χ4v) is 3.72. The van der Waals surface area contributed by atoms with Gasteiger partial charge >= 0.3 is 0 Å². The number of methoxy groups -OCH3 is 1. The van der Waals surface area contributed by atoms with E-state index in [0.717, 1.165) is 16.7 Å². The Labute approximate surface area is 198 Å². The summed E-state index contributed by atoms with van der Waals surface area (Å²) in [5.74, 6) is 0.637. The van der Waals surface area contributed by atoms with E-state index in [2.05, 4.69) is 11.7 Å². The Morgan fingerprint density at radius 3 is 2.50 bits per heavy atom. The van der Waals surface area contributed by atoms with E-state index in [1.54, 1.807) is 25.3 Å². The van der Waals surface area contributed by atoms with E-state index in [4.69, 9.17) is 9.47 Å². The van der Waals surface area contributed by atoms with Gasteiger partial charge in [0.1, 0.15) is 12.4 Å². The summed E-state index contributed by atoms with van der Waals surface area (Å²) in [7, 11) is 1.57. The number of para-hydroxylation sites is 1. The number of rotatable bonds is 8. The lowest BCUT2D eigenvalue weighted by Gasteiger charge is -2.16. The van der Waals surface area contributed by atoms with Crippen LogP contribution in [0.25, 0.3) is 6.08 Å². The summed E-state index contributed by atoms with van der Waals surface area (Å²) in [6.07, 6.45) is 4.13. The number of halogens is 1. The number of allylic oxidation sites excluding steroid dienone is 1. The lowest BCUT2D eigenvalue weighted by atomic mass is 10.0. The molecule has 5 nitrogen and oxygen atoms in total. The predicted molar refractivity (Wildman–Crippen MR) is 133 cm³/mol. The molecule has 172 valence electrons. The van der Waals surface area contributed by atoms with Gasteiger partial charge in [0.2, 0.25) is 0 Å². The second-order valence-electron chi connectivity index (χ2n) is 7.82. The topological polar surface area (TPSA) is 51.1 Å². The lowest BCUT2D eigenvalue weighted by molar-refractivity contribution is -0.114. The molecule has 3 aromatic carbocycles. The molecular formula is C28H25FN2O3. The van der Waals surface area contributed by atoms with Gasteiger partial charge in [0.15, 0.2) is 11.5 Å². The third-order valence-corrected chi connectivity index (χ3v) is 5.41. The smallest absolute Gasteiger partial charge is 0.280 e. The van der Waals surface area contributed by atoms with Crippen molar-refractivity contribution in [3.8, 4) is 11.5 Å². The third kappa shape index (κ3) is 4.91. The molecule has 0 aromatic heterocycles. The Bertz CT molecular complexity index is 1260.